The van der Waals surface area contributed by atoms with Gasteiger partial charge in [0, 0.05) is 22.5 Å². The first-order chi connectivity index (χ1) is 14.2. The van der Waals surface area contributed by atoms with E-state index in [1.165, 1.54) is 6.07 Å². The summed E-state index contributed by atoms with van der Waals surface area (Å²) in [6.45, 7) is 12.4. The zero-order valence-corrected chi connectivity index (χ0v) is 17.3. The van der Waals surface area contributed by atoms with E-state index in [9.17, 15) is 14.0 Å². The lowest BCUT2D eigenvalue weighted by Gasteiger charge is -2.15. The van der Waals surface area contributed by atoms with Crippen LogP contribution in [0, 0.1) is 5.82 Å². The third-order valence-corrected chi connectivity index (χ3v) is 4.84. The van der Waals surface area contributed by atoms with Crippen molar-refractivity contribution in [3.8, 4) is 5.75 Å². The minimum Gasteiger partial charge on any atom is -0.462 e. The molecule has 3 aromatic carbocycles. The number of halogens is 1. The highest BCUT2D eigenvalue weighted by atomic mass is 19.1. The van der Waals surface area contributed by atoms with Gasteiger partial charge < -0.3 is 9.47 Å². The molecule has 0 aliphatic carbocycles. The smallest absolute Gasteiger partial charge is 0.338 e. The Labute approximate surface area is 174 Å². The van der Waals surface area contributed by atoms with Gasteiger partial charge in [-0.2, -0.15) is 0 Å². The molecule has 1 unspecified atom stereocenters. The Balaban J connectivity index is 1.94. The average molecular weight is 406 g/mol. The van der Waals surface area contributed by atoms with Crippen molar-refractivity contribution in [3.05, 3.63) is 78.1 Å². The van der Waals surface area contributed by atoms with E-state index in [0.717, 1.165) is 16.3 Å². The summed E-state index contributed by atoms with van der Waals surface area (Å²) in [7, 11) is 0. The Kier molecular flexibility index (Phi) is 6.01. The van der Waals surface area contributed by atoms with Crippen LogP contribution < -0.4 is 4.74 Å². The number of rotatable bonds is 6. The second-order valence-electron chi connectivity index (χ2n) is 7.50. The molecule has 4 nitrogen and oxygen atoms in total. The molecular formula is C25H23FO4. The standard InChI is InChI=1S/C25H23FO4/c1-14(2)24(27)29-13-16(5)17-6-8-21-20-9-7-19(30-25(28)15(3)4)10-18(20)12-23(26)22(21)11-17/h6-12,16H,1,3,13H2,2,4-5H3. The molecule has 0 radical (unpaired) electrons. The average Bonchev–Trinajstić information content (AvgIpc) is 2.71. The van der Waals surface area contributed by atoms with Gasteiger partial charge >= 0.3 is 11.9 Å². The van der Waals surface area contributed by atoms with Crippen molar-refractivity contribution < 1.29 is 23.5 Å². The predicted molar refractivity (Wildman–Crippen MR) is 116 cm³/mol. The van der Waals surface area contributed by atoms with Gasteiger partial charge in [0.1, 0.15) is 11.6 Å². The summed E-state index contributed by atoms with van der Waals surface area (Å²) in [6, 6.07) is 12.1. The number of esters is 2. The van der Waals surface area contributed by atoms with Crippen LogP contribution in [0.1, 0.15) is 32.3 Å². The number of fused-ring (bicyclic) bond motifs is 3. The fourth-order valence-corrected chi connectivity index (χ4v) is 3.10. The third kappa shape index (κ3) is 4.40. The molecule has 5 heteroatoms. The zero-order chi connectivity index (χ0) is 22.0. The molecule has 0 saturated carbocycles. The Hall–Kier alpha value is -3.47. The maximum absolute atomic E-state index is 14.9. The van der Waals surface area contributed by atoms with Crippen LogP contribution in [0.4, 0.5) is 4.39 Å². The molecule has 0 fully saturated rings. The molecule has 1 atom stereocenters. The molecule has 3 aromatic rings. The van der Waals surface area contributed by atoms with Gasteiger partial charge in [0.25, 0.3) is 0 Å². The van der Waals surface area contributed by atoms with Crippen LogP contribution in [-0.2, 0) is 14.3 Å². The van der Waals surface area contributed by atoms with Crippen molar-refractivity contribution in [1.29, 1.82) is 0 Å². The van der Waals surface area contributed by atoms with Crippen LogP contribution in [-0.4, -0.2) is 18.5 Å². The molecule has 0 aliphatic heterocycles. The SMILES string of the molecule is C=C(C)C(=O)OCC(C)c1ccc2c(c1)c(F)cc1cc(OC(=O)C(=C)C)ccc12. The molecule has 30 heavy (non-hydrogen) atoms. The maximum atomic E-state index is 14.9. The van der Waals surface area contributed by atoms with E-state index in [-0.39, 0.29) is 23.9 Å². The minimum atomic E-state index is -0.526. The summed E-state index contributed by atoms with van der Waals surface area (Å²) >= 11 is 0. The van der Waals surface area contributed by atoms with Gasteiger partial charge in [-0.3, -0.25) is 0 Å². The quantitative estimate of drug-likeness (QED) is 0.223. The number of benzene rings is 3. The Morgan fingerprint density at radius 2 is 1.60 bits per heavy atom. The fourth-order valence-electron chi connectivity index (χ4n) is 3.10. The number of carbonyl (C=O) groups excluding carboxylic acids is 2. The summed E-state index contributed by atoms with van der Waals surface area (Å²) in [6.07, 6.45) is 0. The molecule has 0 amide bonds. The van der Waals surface area contributed by atoms with Crippen LogP contribution in [0.2, 0.25) is 0 Å². The first-order valence-corrected chi connectivity index (χ1v) is 9.53. The van der Waals surface area contributed by atoms with Gasteiger partial charge in [-0.1, -0.05) is 38.3 Å². The van der Waals surface area contributed by atoms with E-state index in [2.05, 4.69) is 13.2 Å². The molecule has 0 heterocycles. The number of ether oxygens (including phenoxy) is 2. The minimum absolute atomic E-state index is 0.100. The second-order valence-corrected chi connectivity index (χ2v) is 7.50. The molecule has 0 aromatic heterocycles. The number of hydrogen-bond acceptors (Lipinski definition) is 4. The first-order valence-electron chi connectivity index (χ1n) is 9.53. The molecule has 3 rings (SSSR count). The molecule has 0 saturated heterocycles. The second kappa shape index (κ2) is 8.49. The Morgan fingerprint density at radius 1 is 0.933 bits per heavy atom. The summed E-state index contributed by atoms with van der Waals surface area (Å²) in [5.74, 6) is -1.12. The zero-order valence-electron chi connectivity index (χ0n) is 17.3. The largest absolute Gasteiger partial charge is 0.462 e. The highest BCUT2D eigenvalue weighted by Crippen LogP contribution is 2.32. The maximum Gasteiger partial charge on any atom is 0.338 e. The topological polar surface area (TPSA) is 52.6 Å². The van der Waals surface area contributed by atoms with Gasteiger partial charge in [-0.05, 0) is 59.8 Å². The molecule has 0 aliphatic rings. The lowest BCUT2D eigenvalue weighted by Crippen LogP contribution is -2.11. The molecule has 0 bridgehead atoms. The van der Waals surface area contributed by atoms with Crippen molar-refractivity contribution in [1.82, 2.24) is 0 Å². The number of carbonyl (C=O) groups is 2. The van der Waals surface area contributed by atoms with Crippen molar-refractivity contribution in [2.75, 3.05) is 6.61 Å². The van der Waals surface area contributed by atoms with Crippen molar-refractivity contribution >= 4 is 33.5 Å². The lowest BCUT2D eigenvalue weighted by atomic mass is 9.95. The van der Waals surface area contributed by atoms with Gasteiger partial charge in [0.2, 0.25) is 0 Å². The monoisotopic (exact) mass is 406 g/mol. The van der Waals surface area contributed by atoms with Crippen LogP contribution in [0.25, 0.3) is 21.5 Å². The van der Waals surface area contributed by atoms with Gasteiger partial charge in [0.05, 0.1) is 6.61 Å². The van der Waals surface area contributed by atoms with Crippen molar-refractivity contribution in [2.24, 2.45) is 0 Å². The fraction of sp³-hybridized carbons (Fsp3) is 0.200. The highest BCUT2D eigenvalue weighted by Gasteiger charge is 2.14. The van der Waals surface area contributed by atoms with Crippen molar-refractivity contribution in [3.63, 3.8) is 0 Å². The van der Waals surface area contributed by atoms with Crippen LogP contribution in [0.15, 0.2) is 66.8 Å². The third-order valence-electron chi connectivity index (χ3n) is 4.84. The van der Waals surface area contributed by atoms with E-state index in [0.29, 0.717) is 22.1 Å². The van der Waals surface area contributed by atoms with Crippen LogP contribution in [0.5, 0.6) is 5.75 Å². The Morgan fingerprint density at radius 3 is 2.27 bits per heavy atom. The number of hydrogen-bond donors (Lipinski definition) is 0. The molecule has 154 valence electrons. The predicted octanol–water partition coefficient (Wildman–Crippen LogP) is 5.84. The summed E-state index contributed by atoms with van der Waals surface area (Å²) in [5.41, 5.74) is 1.49. The lowest BCUT2D eigenvalue weighted by molar-refractivity contribution is -0.139. The van der Waals surface area contributed by atoms with Gasteiger partial charge in [0.15, 0.2) is 0 Å². The normalized spacial score (nSPS) is 11.9. The summed E-state index contributed by atoms with van der Waals surface area (Å²) in [4.78, 5) is 23.3. The first kappa shape index (κ1) is 21.2. The highest BCUT2D eigenvalue weighted by molar-refractivity contribution is 6.08. The summed E-state index contributed by atoms with van der Waals surface area (Å²) in [5, 5.41) is 2.69. The van der Waals surface area contributed by atoms with Crippen LogP contribution in [0.3, 0.4) is 0 Å². The van der Waals surface area contributed by atoms with Crippen molar-refractivity contribution in [2.45, 2.75) is 26.7 Å². The van der Waals surface area contributed by atoms with E-state index < -0.39 is 11.9 Å². The van der Waals surface area contributed by atoms with E-state index in [4.69, 9.17) is 9.47 Å². The van der Waals surface area contributed by atoms with E-state index in [1.807, 2.05) is 19.1 Å². The molecule has 0 N–H and O–H groups in total. The van der Waals surface area contributed by atoms with Gasteiger partial charge in [-0.25, -0.2) is 14.0 Å². The summed E-state index contributed by atoms with van der Waals surface area (Å²) < 4.78 is 25.3. The van der Waals surface area contributed by atoms with Crippen LogP contribution >= 0.6 is 0 Å². The van der Waals surface area contributed by atoms with Gasteiger partial charge in [-0.15, -0.1) is 0 Å². The molecular weight excluding hydrogens is 383 g/mol. The van der Waals surface area contributed by atoms with E-state index in [1.54, 1.807) is 38.1 Å². The Bertz CT molecular complexity index is 1190. The molecule has 0 spiro atoms. The van der Waals surface area contributed by atoms with E-state index >= 15 is 0 Å².